The molecule has 0 spiro atoms. The first-order chi connectivity index (χ1) is 11.1. The van der Waals surface area contributed by atoms with E-state index in [4.69, 9.17) is 23.2 Å². The zero-order chi connectivity index (χ0) is 16.4. The van der Waals surface area contributed by atoms with Crippen LogP contribution in [-0.4, -0.2) is 26.4 Å². The molecule has 0 aliphatic heterocycles. The molecule has 0 unspecified atom stereocenters. The van der Waals surface area contributed by atoms with Crippen molar-refractivity contribution in [3.63, 3.8) is 0 Å². The molecule has 0 saturated heterocycles. The van der Waals surface area contributed by atoms with Crippen LogP contribution in [0, 0.1) is 0 Å². The summed E-state index contributed by atoms with van der Waals surface area (Å²) < 4.78 is 2.09. The molecule has 1 aliphatic carbocycles. The molecule has 0 atom stereocenters. The monoisotopic (exact) mass is 370 g/mol. The van der Waals surface area contributed by atoms with Gasteiger partial charge in [-0.15, -0.1) is 10.2 Å². The Balaban J connectivity index is 1.62. The molecular weight excluding hydrogens is 355 g/mol. The molecule has 0 bridgehead atoms. The van der Waals surface area contributed by atoms with E-state index in [1.54, 1.807) is 18.2 Å². The van der Waals surface area contributed by atoms with E-state index in [1.165, 1.54) is 24.6 Å². The molecule has 8 heteroatoms. The number of carbonyl (C=O) groups excluding carboxylic acids is 1. The number of aromatic nitrogens is 3. The van der Waals surface area contributed by atoms with Crippen LogP contribution in [0.25, 0.3) is 0 Å². The highest BCUT2D eigenvalue weighted by atomic mass is 35.5. The van der Waals surface area contributed by atoms with Gasteiger partial charge in [-0.3, -0.25) is 4.79 Å². The maximum atomic E-state index is 12.1. The van der Waals surface area contributed by atoms with Crippen molar-refractivity contribution < 1.29 is 4.79 Å². The number of nitrogens with zero attached hydrogens (tertiary/aromatic N) is 3. The van der Waals surface area contributed by atoms with Gasteiger partial charge in [-0.1, -0.05) is 35.0 Å². The molecule has 1 aromatic carbocycles. The number of thioether (sulfide) groups is 1. The predicted octanol–water partition coefficient (Wildman–Crippen LogP) is 4.21. The van der Waals surface area contributed by atoms with Crippen molar-refractivity contribution in [1.29, 1.82) is 0 Å². The van der Waals surface area contributed by atoms with E-state index in [-0.39, 0.29) is 11.7 Å². The van der Waals surface area contributed by atoms with Gasteiger partial charge in [-0.05, 0) is 38.0 Å². The summed E-state index contributed by atoms with van der Waals surface area (Å²) in [5.74, 6) is 1.66. The van der Waals surface area contributed by atoms with E-state index in [9.17, 15) is 4.79 Å². The third kappa shape index (κ3) is 4.00. The first-order valence-corrected chi connectivity index (χ1v) is 9.13. The fourth-order valence-electron chi connectivity index (χ4n) is 2.26. The fourth-order valence-corrected chi connectivity index (χ4v) is 3.40. The molecule has 1 saturated carbocycles. The quantitative estimate of drug-likeness (QED) is 0.773. The molecule has 23 heavy (non-hydrogen) atoms. The van der Waals surface area contributed by atoms with Gasteiger partial charge >= 0.3 is 0 Å². The smallest absolute Gasteiger partial charge is 0.234 e. The van der Waals surface area contributed by atoms with Crippen LogP contribution in [0.4, 0.5) is 5.69 Å². The van der Waals surface area contributed by atoms with E-state index >= 15 is 0 Å². The maximum Gasteiger partial charge on any atom is 0.234 e. The van der Waals surface area contributed by atoms with Crippen molar-refractivity contribution >= 4 is 46.6 Å². The minimum atomic E-state index is -0.155. The second-order valence-corrected chi connectivity index (χ2v) is 7.11. The van der Waals surface area contributed by atoms with Gasteiger partial charge in [0.2, 0.25) is 5.91 Å². The standard InChI is InChI=1S/C15H16Cl2N4OS/c1-2-21-14(9-3-4-9)19-20-15(21)23-8-13(22)18-12-7-10(16)5-6-11(12)17/h5-7,9H,2-4,8H2,1H3,(H,18,22). The number of benzene rings is 1. The third-order valence-electron chi connectivity index (χ3n) is 3.54. The molecule has 1 aromatic heterocycles. The molecule has 0 radical (unpaired) electrons. The normalized spacial score (nSPS) is 14.0. The lowest BCUT2D eigenvalue weighted by Crippen LogP contribution is -2.15. The van der Waals surface area contributed by atoms with Crippen LogP contribution in [-0.2, 0) is 11.3 Å². The summed E-state index contributed by atoms with van der Waals surface area (Å²) in [6.07, 6.45) is 2.35. The summed E-state index contributed by atoms with van der Waals surface area (Å²) >= 11 is 13.3. The first-order valence-electron chi connectivity index (χ1n) is 7.39. The summed E-state index contributed by atoms with van der Waals surface area (Å²) in [5.41, 5.74) is 0.514. The summed E-state index contributed by atoms with van der Waals surface area (Å²) in [7, 11) is 0. The van der Waals surface area contributed by atoms with Gasteiger partial charge in [0.1, 0.15) is 5.82 Å². The van der Waals surface area contributed by atoms with Crippen molar-refractivity contribution in [2.45, 2.75) is 37.4 Å². The Labute approximate surface area is 148 Å². The van der Waals surface area contributed by atoms with Gasteiger partial charge in [0.05, 0.1) is 16.5 Å². The van der Waals surface area contributed by atoms with Crippen LogP contribution in [0.3, 0.4) is 0 Å². The highest BCUT2D eigenvalue weighted by molar-refractivity contribution is 7.99. The molecule has 1 N–H and O–H groups in total. The van der Waals surface area contributed by atoms with Gasteiger partial charge in [0.25, 0.3) is 0 Å². The number of hydrogen-bond donors (Lipinski definition) is 1. The topological polar surface area (TPSA) is 59.8 Å². The van der Waals surface area contributed by atoms with E-state index in [1.807, 2.05) is 0 Å². The van der Waals surface area contributed by atoms with Crippen molar-refractivity contribution in [2.75, 3.05) is 11.1 Å². The summed E-state index contributed by atoms with van der Waals surface area (Å²) in [5, 5.41) is 13.0. The Bertz CT molecular complexity index is 730. The first kappa shape index (κ1) is 16.6. The third-order valence-corrected chi connectivity index (χ3v) is 5.07. The lowest BCUT2D eigenvalue weighted by Gasteiger charge is -2.08. The zero-order valence-corrected chi connectivity index (χ0v) is 14.9. The molecule has 2 aromatic rings. The summed E-state index contributed by atoms with van der Waals surface area (Å²) in [4.78, 5) is 12.1. The average molecular weight is 371 g/mol. The van der Waals surface area contributed by atoms with Gasteiger partial charge < -0.3 is 9.88 Å². The minimum absolute atomic E-state index is 0.155. The SMILES string of the molecule is CCn1c(SCC(=O)Nc2cc(Cl)ccc2Cl)nnc1C1CC1. The lowest BCUT2D eigenvalue weighted by molar-refractivity contribution is -0.113. The largest absolute Gasteiger partial charge is 0.324 e. The van der Waals surface area contributed by atoms with Crippen LogP contribution in [0.15, 0.2) is 23.4 Å². The molecule has 5 nitrogen and oxygen atoms in total. The number of carbonyl (C=O) groups is 1. The van der Waals surface area contributed by atoms with Gasteiger partial charge in [-0.2, -0.15) is 0 Å². The molecule has 122 valence electrons. The Morgan fingerprint density at radius 2 is 2.17 bits per heavy atom. The highest BCUT2D eigenvalue weighted by Crippen LogP contribution is 2.40. The molecule has 3 rings (SSSR count). The zero-order valence-electron chi connectivity index (χ0n) is 12.6. The van der Waals surface area contributed by atoms with Crippen LogP contribution in [0.5, 0.6) is 0 Å². The van der Waals surface area contributed by atoms with Gasteiger partial charge in [-0.25, -0.2) is 0 Å². The molecule has 1 heterocycles. The number of amides is 1. The molecule has 1 amide bonds. The molecule has 1 fully saturated rings. The fraction of sp³-hybridized carbons (Fsp3) is 0.400. The lowest BCUT2D eigenvalue weighted by atomic mass is 10.3. The van der Waals surface area contributed by atoms with Crippen molar-refractivity contribution in [3.05, 3.63) is 34.1 Å². The summed E-state index contributed by atoms with van der Waals surface area (Å²) in [6.45, 7) is 2.87. The Hall–Kier alpha value is -1.24. The van der Waals surface area contributed by atoms with E-state index in [2.05, 4.69) is 27.0 Å². The second-order valence-electron chi connectivity index (χ2n) is 5.32. The van der Waals surface area contributed by atoms with Gasteiger partial charge in [0.15, 0.2) is 5.16 Å². The van der Waals surface area contributed by atoms with Crippen molar-refractivity contribution in [3.8, 4) is 0 Å². The number of rotatable bonds is 6. The number of halogens is 2. The Morgan fingerprint density at radius 3 is 2.87 bits per heavy atom. The second kappa shape index (κ2) is 7.11. The Kier molecular flexibility index (Phi) is 5.14. The van der Waals surface area contributed by atoms with E-state index < -0.39 is 0 Å². The average Bonchev–Trinajstić information content (AvgIpc) is 3.29. The predicted molar refractivity (Wildman–Crippen MR) is 93.5 cm³/mol. The van der Waals surface area contributed by atoms with Crippen LogP contribution in [0.2, 0.25) is 10.0 Å². The van der Waals surface area contributed by atoms with E-state index in [0.717, 1.165) is 17.5 Å². The maximum absolute atomic E-state index is 12.1. The van der Waals surface area contributed by atoms with Crippen molar-refractivity contribution in [1.82, 2.24) is 14.8 Å². The molecule has 1 aliphatic rings. The highest BCUT2D eigenvalue weighted by Gasteiger charge is 2.30. The van der Waals surface area contributed by atoms with Crippen LogP contribution < -0.4 is 5.32 Å². The van der Waals surface area contributed by atoms with Crippen LogP contribution >= 0.6 is 35.0 Å². The minimum Gasteiger partial charge on any atom is -0.324 e. The van der Waals surface area contributed by atoms with Gasteiger partial charge in [0, 0.05) is 17.5 Å². The van der Waals surface area contributed by atoms with Crippen molar-refractivity contribution in [2.24, 2.45) is 0 Å². The summed E-state index contributed by atoms with van der Waals surface area (Å²) in [6, 6.07) is 4.96. The Morgan fingerprint density at radius 1 is 1.39 bits per heavy atom. The number of anilines is 1. The van der Waals surface area contributed by atoms with E-state index in [0.29, 0.717) is 21.7 Å². The number of hydrogen-bond acceptors (Lipinski definition) is 4. The molecular formula is C15H16Cl2N4OS. The van der Waals surface area contributed by atoms with Crippen LogP contribution in [0.1, 0.15) is 31.5 Å². The number of nitrogens with one attached hydrogen (secondary N) is 1.